The second-order valence-corrected chi connectivity index (χ2v) is 7.01. The van der Waals surface area contributed by atoms with Gasteiger partial charge in [-0.15, -0.1) is 11.3 Å². The van der Waals surface area contributed by atoms with Crippen molar-refractivity contribution in [2.75, 3.05) is 0 Å². The van der Waals surface area contributed by atoms with E-state index in [1.54, 1.807) is 24.3 Å². The summed E-state index contributed by atoms with van der Waals surface area (Å²) in [6, 6.07) is 20.3. The third kappa shape index (κ3) is 3.34. The van der Waals surface area contributed by atoms with Gasteiger partial charge in [-0.1, -0.05) is 54.6 Å². The number of thiophene rings is 1. The Kier molecular flexibility index (Phi) is 4.69. The molecule has 4 rings (SSSR count). The Labute approximate surface area is 158 Å². The zero-order chi connectivity index (χ0) is 18.8. The molecule has 0 saturated carbocycles. The second-order valence-electron chi connectivity index (χ2n) is 5.95. The van der Waals surface area contributed by atoms with Gasteiger partial charge >= 0.3 is 0 Å². The number of carbonyl (C=O) groups is 1. The number of halogens is 2. The fraction of sp³-hybridized carbons (Fsp3) is 0.0455. The van der Waals surface area contributed by atoms with Crippen molar-refractivity contribution in [3.8, 4) is 5.75 Å². The average molecular weight is 380 g/mol. The van der Waals surface area contributed by atoms with Crippen LogP contribution in [-0.2, 0) is 6.61 Å². The molecule has 0 unspecified atom stereocenters. The molecule has 0 saturated heterocycles. The zero-order valence-electron chi connectivity index (χ0n) is 14.1. The highest BCUT2D eigenvalue weighted by Crippen LogP contribution is 2.39. The summed E-state index contributed by atoms with van der Waals surface area (Å²) in [5.41, 5.74) is 0.647. The van der Waals surface area contributed by atoms with Gasteiger partial charge in [0.2, 0.25) is 5.78 Å². The van der Waals surface area contributed by atoms with E-state index < -0.39 is 11.6 Å². The largest absolute Gasteiger partial charge is 0.486 e. The van der Waals surface area contributed by atoms with Crippen molar-refractivity contribution in [1.82, 2.24) is 0 Å². The molecule has 27 heavy (non-hydrogen) atoms. The molecule has 0 fully saturated rings. The van der Waals surface area contributed by atoms with Crippen LogP contribution in [0.2, 0.25) is 0 Å². The molecule has 0 spiro atoms. The summed E-state index contributed by atoms with van der Waals surface area (Å²) in [7, 11) is 0. The summed E-state index contributed by atoms with van der Waals surface area (Å²) in [6.07, 6.45) is 0. The number of benzene rings is 3. The summed E-state index contributed by atoms with van der Waals surface area (Å²) in [4.78, 5) is 13.4. The summed E-state index contributed by atoms with van der Waals surface area (Å²) in [6.45, 7) is -0.167. The third-order valence-electron chi connectivity index (χ3n) is 4.20. The fourth-order valence-corrected chi connectivity index (χ4v) is 3.95. The first-order valence-corrected chi connectivity index (χ1v) is 9.14. The van der Waals surface area contributed by atoms with Crippen LogP contribution in [0, 0.1) is 11.6 Å². The number of rotatable bonds is 5. The van der Waals surface area contributed by atoms with Gasteiger partial charge in [0.25, 0.3) is 0 Å². The zero-order valence-corrected chi connectivity index (χ0v) is 14.9. The van der Waals surface area contributed by atoms with Crippen LogP contribution in [0.15, 0.2) is 72.8 Å². The van der Waals surface area contributed by atoms with Crippen molar-refractivity contribution in [2.24, 2.45) is 0 Å². The van der Waals surface area contributed by atoms with Crippen molar-refractivity contribution in [2.45, 2.75) is 6.61 Å². The van der Waals surface area contributed by atoms with E-state index in [-0.39, 0.29) is 18.0 Å². The second kappa shape index (κ2) is 7.29. The predicted octanol–water partition coefficient (Wildman–Crippen LogP) is 5.99. The van der Waals surface area contributed by atoms with Gasteiger partial charge in [0.1, 0.15) is 17.2 Å². The van der Waals surface area contributed by atoms with Gasteiger partial charge in [0.05, 0.1) is 0 Å². The molecule has 0 bridgehead atoms. The van der Waals surface area contributed by atoms with Gasteiger partial charge in [-0.05, 0) is 18.2 Å². The van der Waals surface area contributed by atoms with Gasteiger partial charge in [0.15, 0.2) is 11.6 Å². The van der Waals surface area contributed by atoms with Crippen molar-refractivity contribution < 1.29 is 18.3 Å². The van der Waals surface area contributed by atoms with Crippen LogP contribution in [0.25, 0.3) is 10.1 Å². The van der Waals surface area contributed by atoms with E-state index in [1.807, 2.05) is 30.3 Å². The molecule has 3 aromatic carbocycles. The van der Waals surface area contributed by atoms with Gasteiger partial charge < -0.3 is 4.74 Å². The van der Waals surface area contributed by atoms with Crippen LogP contribution in [0.5, 0.6) is 5.75 Å². The standard InChI is InChI=1S/C22H14F2O2S/c23-17-11-6-9-15(19(17)24)13-26-21-16-10-4-5-12-18(16)27-22(21)20(25)14-7-2-1-3-8-14/h1-12H,13H2. The van der Waals surface area contributed by atoms with Gasteiger partial charge in [-0.3, -0.25) is 4.79 Å². The average Bonchev–Trinajstić information content (AvgIpc) is 3.08. The van der Waals surface area contributed by atoms with E-state index in [9.17, 15) is 13.6 Å². The molecule has 0 amide bonds. The molecule has 0 radical (unpaired) electrons. The lowest BCUT2D eigenvalue weighted by Gasteiger charge is -2.09. The molecule has 4 aromatic rings. The lowest BCUT2D eigenvalue weighted by Crippen LogP contribution is -2.04. The topological polar surface area (TPSA) is 26.3 Å². The van der Waals surface area contributed by atoms with E-state index in [2.05, 4.69) is 0 Å². The SMILES string of the molecule is O=C(c1ccccc1)c1sc2ccccc2c1OCc1cccc(F)c1F. The highest BCUT2D eigenvalue weighted by atomic mass is 32.1. The van der Waals surface area contributed by atoms with E-state index in [0.717, 1.165) is 16.2 Å². The normalized spacial score (nSPS) is 10.9. The summed E-state index contributed by atoms with van der Waals surface area (Å²) in [5, 5.41) is 0.776. The van der Waals surface area contributed by atoms with E-state index in [4.69, 9.17) is 4.74 Å². The van der Waals surface area contributed by atoms with Crippen LogP contribution in [0.1, 0.15) is 20.8 Å². The molecular formula is C22H14F2O2S. The monoisotopic (exact) mass is 380 g/mol. The Hall–Kier alpha value is -3.05. The molecular weight excluding hydrogens is 366 g/mol. The van der Waals surface area contributed by atoms with Crippen molar-refractivity contribution in [3.05, 3.63) is 100 Å². The number of hydrogen-bond donors (Lipinski definition) is 0. The lowest BCUT2D eigenvalue weighted by atomic mass is 10.1. The van der Waals surface area contributed by atoms with Gasteiger partial charge in [-0.25, -0.2) is 8.78 Å². The molecule has 2 nitrogen and oxygen atoms in total. The molecule has 5 heteroatoms. The van der Waals surface area contributed by atoms with Gasteiger partial charge in [-0.2, -0.15) is 0 Å². The van der Waals surface area contributed by atoms with E-state index >= 15 is 0 Å². The Morgan fingerprint density at radius 1 is 0.889 bits per heavy atom. The minimum Gasteiger partial charge on any atom is -0.486 e. The van der Waals surface area contributed by atoms with Crippen molar-refractivity contribution in [3.63, 3.8) is 0 Å². The molecule has 134 valence electrons. The highest BCUT2D eigenvalue weighted by molar-refractivity contribution is 7.21. The Bertz CT molecular complexity index is 1120. The van der Waals surface area contributed by atoms with Crippen LogP contribution in [-0.4, -0.2) is 5.78 Å². The Balaban J connectivity index is 1.74. The van der Waals surface area contributed by atoms with Gasteiger partial charge in [0, 0.05) is 21.2 Å². The number of ketones is 1. The first-order chi connectivity index (χ1) is 13.1. The van der Waals surface area contributed by atoms with E-state index in [0.29, 0.717) is 16.2 Å². The molecule has 0 aliphatic carbocycles. The highest BCUT2D eigenvalue weighted by Gasteiger charge is 2.21. The number of hydrogen-bond acceptors (Lipinski definition) is 3. The van der Waals surface area contributed by atoms with Crippen LogP contribution in [0.4, 0.5) is 8.78 Å². The first kappa shape index (κ1) is 17.4. The van der Waals surface area contributed by atoms with E-state index in [1.165, 1.54) is 23.5 Å². The van der Waals surface area contributed by atoms with Crippen LogP contribution in [0.3, 0.4) is 0 Å². The Morgan fingerprint density at radius 3 is 2.44 bits per heavy atom. The molecule has 1 aromatic heterocycles. The Morgan fingerprint density at radius 2 is 1.63 bits per heavy atom. The fourth-order valence-electron chi connectivity index (χ4n) is 2.85. The maximum Gasteiger partial charge on any atom is 0.206 e. The maximum absolute atomic E-state index is 13.9. The minimum atomic E-state index is -0.937. The molecule has 1 heterocycles. The molecule has 0 atom stereocenters. The third-order valence-corrected chi connectivity index (χ3v) is 5.35. The number of fused-ring (bicyclic) bond motifs is 1. The summed E-state index contributed by atoms with van der Waals surface area (Å²) in [5.74, 6) is -1.63. The number of carbonyl (C=O) groups excluding carboxylic acids is 1. The predicted molar refractivity (Wildman–Crippen MR) is 102 cm³/mol. The van der Waals surface area contributed by atoms with Crippen LogP contribution < -0.4 is 4.74 Å². The summed E-state index contributed by atoms with van der Waals surface area (Å²) >= 11 is 1.33. The molecule has 0 aliphatic rings. The summed E-state index contributed by atoms with van der Waals surface area (Å²) < 4.78 is 34.1. The number of ether oxygens (including phenoxy) is 1. The molecule has 0 N–H and O–H groups in total. The quantitative estimate of drug-likeness (QED) is 0.398. The lowest BCUT2D eigenvalue weighted by molar-refractivity contribution is 0.103. The smallest absolute Gasteiger partial charge is 0.206 e. The van der Waals surface area contributed by atoms with Crippen molar-refractivity contribution in [1.29, 1.82) is 0 Å². The van der Waals surface area contributed by atoms with Crippen molar-refractivity contribution >= 4 is 27.2 Å². The maximum atomic E-state index is 13.9. The first-order valence-electron chi connectivity index (χ1n) is 8.32. The minimum absolute atomic E-state index is 0.100. The van der Waals surface area contributed by atoms with Crippen LogP contribution >= 0.6 is 11.3 Å². The molecule has 0 aliphatic heterocycles.